The first-order valence-corrected chi connectivity index (χ1v) is 7.25. The van der Waals surface area contributed by atoms with E-state index in [-0.39, 0.29) is 23.6 Å². The number of rotatable bonds is 6. The van der Waals surface area contributed by atoms with Crippen LogP contribution in [0.25, 0.3) is 0 Å². The SMILES string of the molecule is CCC=CC/C(Oc1ccc(N)cc1C(F)(F)F)=C(/C#N)CC. The van der Waals surface area contributed by atoms with Crippen molar-refractivity contribution in [1.29, 1.82) is 5.26 Å². The lowest BCUT2D eigenvalue weighted by atomic mass is 10.1. The summed E-state index contributed by atoms with van der Waals surface area (Å²) in [6.45, 7) is 3.69. The summed E-state index contributed by atoms with van der Waals surface area (Å²) in [4.78, 5) is 0. The van der Waals surface area contributed by atoms with Crippen LogP contribution in [-0.2, 0) is 6.18 Å². The number of benzene rings is 1. The Balaban J connectivity index is 3.27. The summed E-state index contributed by atoms with van der Waals surface area (Å²) < 4.78 is 44.8. The maximum Gasteiger partial charge on any atom is 0.420 e. The van der Waals surface area contributed by atoms with Crippen LogP contribution in [0.3, 0.4) is 0 Å². The molecule has 23 heavy (non-hydrogen) atoms. The van der Waals surface area contributed by atoms with Crippen LogP contribution in [-0.4, -0.2) is 0 Å². The molecule has 0 amide bonds. The van der Waals surface area contributed by atoms with Crippen LogP contribution in [0.4, 0.5) is 18.9 Å². The van der Waals surface area contributed by atoms with Crippen molar-refractivity contribution in [1.82, 2.24) is 0 Å². The molecule has 1 rings (SSSR count). The number of nitrogens with two attached hydrogens (primary N) is 1. The van der Waals surface area contributed by atoms with Crippen LogP contribution >= 0.6 is 0 Å². The minimum absolute atomic E-state index is 0.00270. The van der Waals surface area contributed by atoms with E-state index in [9.17, 15) is 13.2 Å². The Morgan fingerprint density at radius 3 is 2.52 bits per heavy atom. The highest BCUT2D eigenvalue weighted by atomic mass is 19.4. The van der Waals surface area contributed by atoms with E-state index in [0.29, 0.717) is 12.0 Å². The highest BCUT2D eigenvalue weighted by molar-refractivity contribution is 5.50. The topological polar surface area (TPSA) is 59.0 Å². The summed E-state index contributed by atoms with van der Waals surface area (Å²) in [7, 11) is 0. The molecule has 0 unspecified atom stereocenters. The van der Waals surface area contributed by atoms with Crippen LogP contribution < -0.4 is 10.5 Å². The van der Waals surface area contributed by atoms with E-state index >= 15 is 0 Å². The van der Waals surface area contributed by atoms with Gasteiger partial charge >= 0.3 is 6.18 Å². The Bertz CT molecular complexity index is 640. The molecular formula is C17H19F3N2O. The number of anilines is 1. The fraction of sp³-hybridized carbons (Fsp3) is 0.353. The second-order valence-electron chi connectivity index (χ2n) is 4.81. The number of hydrogen-bond acceptors (Lipinski definition) is 3. The Morgan fingerprint density at radius 2 is 2.00 bits per heavy atom. The van der Waals surface area contributed by atoms with Gasteiger partial charge in [0, 0.05) is 12.1 Å². The highest BCUT2D eigenvalue weighted by Gasteiger charge is 2.35. The van der Waals surface area contributed by atoms with Crippen LogP contribution in [0.15, 0.2) is 41.7 Å². The van der Waals surface area contributed by atoms with Gasteiger partial charge in [0.05, 0.1) is 11.6 Å². The number of nitriles is 1. The van der Waals surface area contributed by atoms with Gasteiger partial charge in [-0.1, -0.05) is 26.0 Å². The van der Waals surface area contributed by atoms with Gasteiger partial charge in [0.1, 0.15) is 17.1 Å². The molecule has 0 spiro atoms. The molecule has 0 radical (unpaired) electrons. The molecule has 3 nitrogen and oxygen atoms in total. The lowest BCUT2D eigenvalue weighted by Crippen LogP contribution is -2.10. The van der Waals surface area contributed by atoms with Crippen LogP contribution in [0.1, 0.15) is 38.7 Å². The van der Waals surface area contributed by atoms with Crippen molar-refractivity contribution in [3.63, 3.8) is 0 Å². The van der Waals surface area contributed by atoms with E-state index in [4.69, 9.17) is 15.7 Å². The van der Waals surface area contributed by atoms with Crippen molar-refractivity contribution < 1.29 is 17.9 Å². The van der Waals surface area contributed by atoms with Crippen molar-refractivity contribution in [3.8, 4) is 11.8 Å². The van der Waals surface area contributed by atoms with E-state index in [1.807, 2.05) is 19.1 Å². The largest absolute Gasteiger partial charge is 0.460 e. The molecule has 0 fully saturated rings. The molecule has 0 saturated heterocycles. The van der Waals surface area contributed by atoms with Gasteiger partial charge in [-0.05, 0) is 31.0 Å². The monoisotopic (exact) mass is 324 g/mol. The van der Waals surface area contributed by atoms with Crippen molar-refractivity contribution in [3.05, 3.63) is 47.2 Å². The van der Waals surface area contributed by atoms with E-state index in [1.54, 1.807) is 13.0 Å². The third-order valence-corrected chi connectivity index (χ3v) is 3.07. The Hall–Kier alpha value is -2.42. The molecule has 0 bridgehead atoms. The minimum Gasteiger partial charge on any atom is -0.460 e. The molecule has 1 aromatic carbocycles. The zero-order chi connectivity index (χ0) is 17.5. The Labute approximate surface area is 133 Å². The second kappa shape index (κ2) is 8.28. The van der Waals surface area contributed by atoms with E-state index < -0.39 is 11.7 Å². The first kappa shape index (κ1) is 18.6. The highest BCUT2D eigenvalue weighted by Crippen LogP contribution is 2.38. The average molecular weight is 324 g/mol. The lowest BCUT2D eigenvalue weighted by molar-refractivity contribution is -0.138. The molecule has 0 aromatic heterocycles. The molecule has 0 aliphatic carbocycles. The van der Waals surface area contributed by atoms with Gasteiger partial charge < -0.3 is 10.5 Å². The molecule has 0 atom stereocenters. The molecule has 6 heteroatoms. The van der Waals surface area contributed by atoms with E-state index in [2.05, 4.69) is 0 Å². The number of hydrogen-bond donors (Lipinski definition) is 1. The second-order valence-corrected chi connectivity index (χ2v) is 4.81. The van der Waals surface area contributed by atoms with Gasteiger partial charge in [0.15, 0.2) is 0 Å². The number of halogens is 3. The number of nitrogens with zero attached hydrogens (tertiary/aromatic N) is 1. The van der Waals surface area contributed by atoms with Crippen molar-refractivity contribution >= 4 is 5.69 Å². The minimum atomic E-state index is -4.59. The smallest absolute Gasteiger partial charge is 0.420 e. The summed E-state index contributed by atoms with van der Waals surface area (Å²) >= 11 is 0. The fourth-order valence-electron chi connectivity index (χ4n) is 1.91. The number of nitrogen functional groups attached to an aromatic ring is 1. The van der Waals surface area contributed by atoms with Crippen LogP contribution in [0, 0.1) is 11.3 Å². The maximum atomic E-state index is 13.1. The summed E-state index contributed by atoms with van der Waals surface area (Å²) in [6, 6.07) is 5.32. The van der Waals surface area contributed by atoms with E-state index in [1.165, 1.54) is 12.1 Å². The standard InChI is InChI=1S/C17H19F3N2O/c1-3-5-6-7-15(12(4-2)11-21)23-16-9-8-13(22)10-14(16)17(18,19)20/h5-6,8-10H,3-4,7,22H2,1-2H3/b6-5?,15-12-. The first-order chi connectivity index (χ1) is 10.8. The van der Waals surface area contributed by atoms with Crippen LogP contribution in [0.2, 0.25) is 0 Å². The number of ether oxygens (including phenoxy) is 1. The normalized spacial score (nSPS) is 12.9. The Morgan fingerprint density at radius 1 is 1.30 bits per heavy atom. The number of alkyl halides is 3. The average Bonchev–Trinajstić information content (AvgIpc) is 2.49. The predicted molar refractivity (Wildman–Crippen MR) is 83.5 cm³/mol. The third-order valence-electron chi connectivity index (χ3n) is 3.07. The van der Waals surface area contributed by atoms with Gasteiger partial charge in [-0.15, -0.1) is 0 Å². The summed E-state index contributed by atoms with van der Waals surface area (Å²) in [5.74, 6) is -0.136. The molecule has 0 aliphatic rings. The summed E-state index contributed by atoms with van der Waals surface area (Å²) in [5, 5.41) is 9.15. The van der Waals surface area contributed by atoms with E-state index in [0.717, 1.165) is 12.5 Å². The van der Waals surface area contributed by atoms with Crippen molar-refractivity contribution in [2.45, 2.75) is 39.3 Å². The zero-order valence-corrected chi connectivity index (χ0v) is 13.1. The van der Waals surface area contributed by atoms with Gasteiger partial charge in [0.2, 0.25) is 0 Å². The molecule has 0 saturated carbocycles. The van der Waals surface area contributed by atoms with Gasteiger partial charge in [0.25, 0.3) is 0 Å². The van der Waals surface area contributed by atoms with Crippen molar-refractivity contribution in [2.75, 3.05) is 5.73 Å². The van der Waals surface area contributed by atoms with Crippen LogP contribution in [0.5, 0.6) is 5.75 Å². The quantitative estimate of drug-likeness (QED) is 0.338. The molecule has 124 valence electrons. The van der Waals surface area contributed by atoms with Crippen molar-refractivity contribution in [2.24, 2.45) is 0 Å². The lowest BCUT2D eigenvalue weighted by Gasteiger charge is -2.16. The number of allylic oxidation sites excluding steroid dienone is 3. The molecular weight excluding hydrogens is 305 g/mol. The fourth-order valence-corrected chi connectivity index (χ4v) is 1.91. The maximum absolute atomic E-state index is 13.1. The molecule has 0 heterocycles. The third kappa shape index (κ3) is 5.37. The molecule has 2 N–H and O–H groups in total. The molecule has 0 aliphatic heterocycles. The summed E-state index contributed by atoms with van der Waals surface area (Å²) in [6.07, 6.45) is 0.466. The van der Waals surface area contributed by atoms with Gasteiger partial charge in [-0.2, -0.15) is 18.4 Å². The molecule has 1 aromatic rings. The van der Waals surface area contributed by atoms with Gasteiger partial charge in [-0.25, -0.2) is 0 Å². The van der Waals surface area contributed by atoms with Gasteiger partial charge in [-0.3, -0.25) is 0 Å². The summed E-state index contributed by atoms with van der Waals surface area (Å²) in [5.41, 5.74) is 4.79. The predicted octanol–water partition coefficient (Wildman–Crippen LogP) is 5.21. The first-order valence-electron chi connectivity index (χ1n) is 7.25. The zero-order valence-electron chi connectivity index (χ0n) is 13.1. The Kier molecular flexibility index (Phi) is 6.70.